The third-order valence-electron chi connectivity index (χ3n) is 3.63. The highest BCUT2D eigenvalue weighted by Crippen LogP contribution is 2.33. The monoisotopic (exact) mass is 305 g/mol. The maximum atomic E-state index is 13.2. The largest absolute Gasteiger partial charge is 0.480 e. The van der Waals surface area contributed by atoms with Crippen molar-refractivity contribution in [2.75, 3.05) is 0 Å². The van der Waals surface area contributed by atoms with Crippen molar-refractivity contribution >= 4 is 5.97 Å². The quantitative estimate of drug-likeness (QED) is 0.837. The number of carboxylic acids is 1. The number of hydrogen-bond acceptors (Lipinski definition) is 2. The van der Waals surface area contributed by atoms with Gasteiger partial charge >= 0.3 is 12.1 Å². The van der Waals surface area contributed by atoms with Crippen molar-refractivity contribution in [1.82, 2.24) is 5.32 Å². The molecule has 0 aliphatic heterocycles. The minimum Gasteiger partial charge on any atom is -0.480 e. The van der Waals surface area contributed by atoms with E-state index in [4.69, 9.17) is 0 Å². The molecule has 1 atom stereocenters. The molecule has 1 unspecified atom stereocenters. The van der Waals surface area contributed by atoms with Crippen LogP contribution < -0.4 is 5.32 Å². The number of carboxylic acid groups (broad SMARTS) is 1. The summed E-state index contributed by atoms with van der Waals surface area (Å²) in [5.41, 5.74) is -1.54. The fourth-order valence-corrected chi connectivity index (χ4v) is 2.58. The normalized spacial score (nSPS) is 17.9. The fourth-order valence-electron chi connectivity index (χ4n) is 2.58. The van der Waals surface area contributed by atoms with E-state index in [1.54, 1.807) is 0 Å². The molecule has 1 aliphatic carbocycles. The molecule has 0 saturated heterocycles. The first-order valence-electron chi connectivity index (χ1n) is 6.64. The highest BCUT2D eigenvalue weighted by atomic mass is 19.4. The number of hydrogen-bond donors (Lipinski definition) is 2. The van der Waals surface area contributed by atoms with E-state index < -0.39 is 29.6 Å². The SMILES string of the molecule is O=C(O)C(NC1CCCC1)c1ccc(F)c(C(F)(F)F)c1. The summed E-state index contributed by atoms with van der Waals surface area (Å²) in [5.74, 6) is -2.68. The molecule has 2 N–H and O–H groups in total. The highest BCUT2D eigenvalue weighted by molar-refractivity contribution is 5.75. The topological polar surface area (TPSA) is 49.3 Å². The van der Waals surface area contributed by atoms with Gasteiger partial charge in [0.15, 0.2) is 0 Å². The third kappa shape index (κ3) is 3.72. The Morgan fingerprint density at radius 2 is 1.90 bits per heavy atom. The second-order valence-electron chi connectivity index (χ2n) is 5.16. The van der Waals surface area contributed by atoms with Crippen LogP contribution >= 0.6 is 0 Å². The summed E-state index contributed by atoms with van der Waals surface area (Å²) in [6, 6.07) is 0.992. The Bertz CT molecular complexity index is 524. The van der Waals surface area contributed by atoms with Crippen LogP contribution in [0.3, 0.4) is 0 Å². The molecule has 1 aliphatic rings. The Morgan fingerprint density at radius 3 is 2.43 bits per heavy atom. The van der Waals surface area contributed by atoms with E-state index in [0.717, 1.165) is 31.7 Å². The van der Waals surface area contributed by atoms with Gasteiger partial charge in [0.05, 0.1) is 5.56 Å². The lowest BCUT2D eigenvalue weighted by Crippen LogP contribution is -2.35. The van der Waals surface area contributed by atoms with Gasteiger partial charge in [-0.25, -0.2) is 4.39 Å². The molecule has 1 saturated carbocycles. The van der Waals surface area contributed by atoms with Crippen LogP contribution in [0, 0.1) is 5.82 Å². The summed E-state index contributed by atoms with van der Waals surface area (Å²) < 4.78 is 51.3. The van der Waals surface area contributed by atoms with Gasteiger partial charge in [-0.2, -0.15) is 13.2 Å². The van der Waals surface area contributed by atoms with Crippen molar-refractivity contribution in [3.63, 3.8) is 0 Å². The van der Waals surface area contributed by atoms with E-state index in [0.29, 0.717) is 12.1 Å². The van der Waals surface area contributed by atoms with Gasteiger partial charge in [-0.15, -0.1) is 0 Å². The van der Waals surface area contributed by atoms with Crippen LogP contribution in [0.1, 0.15) is 42.9 Å². The van der Waals surface area contributed by atoms with E-state index in [-0.39, 0.29) is 11.6 Å². The molecule has 1 fully saturated rings. The van der Waals surface area contributed by atoms with Gasteiger partial charge in [0.1, 0.15) is 11.9 Å². The molecule has 0 heterocycles. The van der Waals surface area contributed by atoms with Crippen molar-refractivity contribution < 1.29 is 27.5 Å². The van der Waals surface area contributed by atoms with Crippen molar-refractivity contribution in [3.8, 4) is 0 Å². The molecule has 1 aromatic rings. The van der Waals surface area contributed by atoms with Crippen LogP contribution in [0.4, 0.5) is 17.6 Å². The lowest BCUT2D eigenvalue weighted by Gasteiger charge is -2.21. The molecule has 0 amide bonds. The molecular weight excluding hydrogens is 290 g/mol. The van der Waals surface area contributed by atoms with Gasteiger partial charge in [0.2, 0.25) is 0 Å². The average Bonchev–Trinajstić information content (AvgIpc) is 2.88. The van der Waals surface area contributed by atoms with E-state index in [9.17, 15) is 27.5 Å². The molecule has 0 radical (unpaired) electrons. The molecule has 1 aromatic carbocycles. The number of benzene rings is 1. The number of halogens is 4. The number of rotatable bonds is 4. The zero-order chi connectivity index (χ0) is 15.6. The lowest BCUT2D eigenvalue weighted by atomic mass is 10.0. The fraction of sp³-hybridized carbons (Fsp3) is 0.500. The second-order valence-corrected chi connectivity index (χ2v) is 5.16. The van der Waals surface area contributed by atoms with Crippen molar-refractivity contribution in [2.24, 2.45) is 0 Å². The van der Waals surface area contributed by atoms with Crippen LogP contribution in [-0.4, -0.2) is 17.1 Å². The minimum atomic E-state index is -4.85. The zero-order valence-electron chi connectivity index (χ0n) is 11.1. The Morgan fingerprint density at radius 1 is 1.29 bits per heavy atom. The molecule has 0 spiro atoms. The van der Waals surface area contributed by atoms with E-state index in [1.807, 2.05) is 0 Å². The Balaban J connectivity index is 2.29. The van der Waals surface area contributed by atoms with Crippen molar-refractivity contribution in [2.45, 2.75) is 43.9 Å². The number of carbonyl (C=O) groups is 1. The summed E-state index contributed by atoms with van der Waals surface area (Å²) in [6.45, 7) is 0. The van der Waals surface area contributed by atoms with Crippen LogP contribution in [0.2, 0.25) is 0 Å². The van der Waals surface area contributed by atoms with Gasteiger partial charge < -0.3 is 5.11 Å². The third-order valence-corrected chi connectivity index (χ3v) is 3.63. The first-order chi connectivity index (χ1) is 9.79. The zero-order valence-corrected chi connectivity index (χ0v) is 11.1. The van der Waals surface area contributed by atoms with Gasteiger partial charge in [-0.1, -0.05) is 18.9 Å². The molecular formula is C14H15F4NO2. The molecule has 0 aromatic heterocycles. The van der Waals surface area contributed by atoms with E-state index in [1.165, 1.54) is 0 Å². The molecule has 3 nitrogen and oxygen atoms in total. The van der Waals surface area contributed by atoms with Crippen LogP contribution in [-0.2, 0) is 11.0 Å². The first kappa shape index (κ1) is 15.8. The molecule has 21 heavy (non-hydrogen) atoms. The maximum absolute atomic E-state index is 13.2. The second kappa shape index (κ2) is 6.01. The number of alkyl halides is 3. The number of aliphatic carboxylic acids is 1. The first-order valence-corrected chi connectivity index (χ1v) is 6.64. The molecule has 0 bridgehead atoms. The predicted octanol–water partition coefficient (Wildman–Crippen LogP) is 3.50. The Labute approximate surface area is 119 Å². The Hall–Kier alpha value is -1.63. The van der Waals surface area contributed by atoms with Gasteiger partial charge in [0.25, 0.3) is 0 Å². The van der Waals surface area contributed by atoms with Crippen molar-refractivity contribution in [1.29, 1.82) is 0 Å². The van der Waals surface area contributed by atoms with Gasteiger partial charge in [0, 0.05) is 6.04 Å². The van der Waals surface area contributed by atoms with Crippen LogP contribution in [0.25, 0.3) is 0 Å². The maximum Gasteiger partial charge on any atom is 0.419 e. The summed E-state index contributed by atoms with van der Waals surface area (Å²) in [5, 5.41) is 12.1. The summed E-state index contributed by atoms with van der Waals surface area (Å²) in [7, 11) is 0. The number of nitrogens with one attached hydrogen (secondary N) is 1. The lowest BCUT2D eigenvalue weighted by molar-refractivity contribution is -0.142. The molecule has 7 heteroatoms. The average molecular weight is 305 g/mol. The van der Waals surface area contributed by atoms with Crippen molar-refractivity contribution in [3.05, 3.63) is 35.1 Å². The highest BCUT2D eigenvalue weighted by Gasteiger charge is 2.35. The van der Waals surface area contributed by atoms with Gasteiger partial charge in [-0.3, -0.25) is 10.1 Å². The standard InChI is InChI=1S/C14H15F4NO2/c15-11-6-5-8(7-10(11)14(16,17)18)12(13(20)21)19-9-3-1-2-4-9/h5-7,9,12,19H,1-4H2,(H,20,21). The predicted molar refractivity (Wildman–Crippen MR) is 67.2 cm³/mol. The molecule has 2 rings (SSSR count). The van der Waals surface area contributed by atoms with E-state index in [2.05, 4.69) is 5.32 Å². The summed E-state index contributed by atoms with van der Waals surface area (Å²) in [6.07, 6.45) is -1.35. The van der Waals surface area contributed by atoms with Crippen LogP contribution in [0.15, 0.2) is 18.2 Å². The van der Waals surface area contributed by atoms with Crippen LogP contribution in [0.5, 0.6) is 0 Å². The molecule has 116 valence electrons. The Kier molecular flexibility index (Phi) is 4.51. The summed E-state index contributed by atoms with van der Waals surface area (Å²) >= 11 is 0. The summed E-state index contributed by atoms with van der Waals surface area (Å²) in [4.78, 5) is 11.3. The van der Waals surface area contributed by atoms with E-state index >= 15 is 0 Å². The smallest absolute Gasteiger partial charge is 0.419 e. The minimum absolute atomic E-state index is 0.0366. The van der Waals surface area contributed by atoms with Gasteiger partial charge in [-0.05, 0) is 30.5 Å².